The number of nitrogens with one attached hydrogen (secondary N) is 1. The van der Waals surface area contributed by atoms with Crippen molar-refractivity contribution in [3.05, 3.63) is 42.1 Å². The number of nitrogens with zero attached hydrogens (tertiary/aromatic N) is 2. The molecule has 1 N–H and O–H groups in total. The van der Waals surface area contributed by atoms with Crippen molar-refractivity contribution in [2.24, 2.45) is 0 Å². The minimum absolute atomic E-state index is 0.847. The van der Waals surface area contributed by atoms with E-state index in [-0.39, 0.29) is 0 Å². The molecule has 4 nitrogen and oxygen atoms in total. The van der Waals surface area contributed by atoms with Crippen LogP contribution in [-0.4, -0.2) is 41.4 Å². The van der Waals surface area contributed by atoms with Gasteiger partial charge in [-0.25, -0.2) is 0 Å². The normalized spacial score (nSPS) is 16.9. The highest BCUT2D eigenvalue weighted by Gasteiger charge is 2.11. The minimum Gasteiger partial charge on any atom is -0.379 e. The molecule has 2 heterocycles. The van der Waals surface area contributed by atoms with Gasteiger partial charge in [0.2, 0.25) is 0 Å². The zero-order chi connectivity index (χ0) is 12.2. The third kappa shape index (κ3) is 2.60. The van der Waals surface area contributed by atoms with Gasteiger partial charge in [-0.2, -0.15) is 5.10 Å². The number of aromatic amines is 1. The largest absolute Gasteiger partial charge is 0.379 e. The molecule has 1 fully saturated rings. The van der Waals surface area contributed by atoms with Crippen LogP contribution in [0.2, 0.25) is 0 Å². The number of benzene rings is 1. The van der Waals surface area contributed by atoms with E-state index in [0.29, 0.717) is 0 Å². The Morgan fingerprint density at radius 3 is 2.89 bits per heavy atom. The molecule has 3 rings (SSSR count). The zero-order valence-electron chi connectivity index (χ0n) is 10.3. The smallest absolute Gasteiger partial charge is 0.0650 e. The van der Waals surface area contributed by atoms with Crippen molar-refractivity contribution < 1.29 is 4.74 Å². The number of hydrogen-bond donors (Lipinski definition) is 1. The highest BCUT2D eigenvalue weighted by Crippen LogP contribution is 2.18. The highest BCUT2D eigenvalue weighted by molar-refractivity contribution is 5.59. The lowest BCUT2D eigenvalue weighted by molar-refractivity contribution is 0.0342. The van der Waals surface area contributed by atoms with Crippen LogP contribution in [0.4, 0.5) is 0 Å². The molecular formula is C14H17N3O. The average Bonchev–Trinajstić information content (AvgIpc) is 2.94. The first-order valence-corrected chi connectivity index (χ1v) is 6.30. The molecule has 0 bridgehead atoms. The van der Waals surface area contributed by atoms with Crippen LogP contribution in [0.25, 0.3) is 11.3 Å². The number of H-pyrrole nitrogens is 1. The van der Waals surface area contributed by atoms with Gasteiger partial charge in [-0.05, 0) is 23.3 Å². The van der Waals surface area contributed by atoms with E-state index in [0.717, 1.165) is 38.5 Å². The van der Waals surface area contributed by atoms with Gasteiger partial charge in [-0.15, -0.1) is 0 Å². The van der Waals surface area contributed by atoms with E-state index < -0.39 is 0 Å². The van der Waals surface area contributed by atoms with Crippen LogP contribution < -0.4 is 0 Å². The number of morpholine rings is 1. The van der Waals surface area contributed by atoms with E-state index >= 15 is 0 Å². The van der Waals surface area contributed by atoms with Crippen molar-refractivity contribution in [3.63, 3.8) is 0 Å². The van der Waals surface area contributed by atoms with Crippen molar-refractivity contribution in [1.82, 2.24) is 15.1 Å². The molecule has 0 saturated carbocycles. The van der Waals surface area contributed by atoms with Crippen LogP contribution in [0.1, 0.15) is 5.56 Å². The van der Waals surface area contributed by atoms with Crippen molar-refractivity contribution >= 4 is 0 Å². The van der Waals surface area contributed by atoms with E-state index in [2.05, 4.69) is 39.4 Å². The topological polar surface area (TPSA) is 41.1 Å². The standard InChI is InChI=1S/C14H17N3O/c1-2-12(11-17-6-8-18-9-7-17)10-13(3-1)14-4-5-15-16-14/h1-5,10H,6-9,11H2,(H,15,16). The third-order valence-electron chi connectivity index (χ3n) is 3.25. The molecule has 1 saturated heterocycles. The molecule has 0 unspecified atom stereocenters. The molecule has 94 valence electrons. The molecule has 2 aromatic rings. The van der Waals surface area contributed by atoms with Crippen molar-refractivity contribution in [3.8, 4) is 11.3 Å². The summed E-state index contributed by atoms with van der Waals surface area (Å²) in [6, 6.07) is 10.6. The Morgan fingerprint density at radius 1 is 1.22 bits per heavy atom. The first-order valence-electron chi connectivity index (χ1n) is 6.30. The van der Waals surface area contributed by atoms with Crippen LogP contribution >= 0.6 is 0 Å². The maximum atomic E-state index is 5.37. The molecule has 0 radical (unpaired) electrons. The van der Waals surface area contributed by atoms with Crippen LogP contribution in [0.5, 0.6) is 0 Å². The number of aromatic nitrogens is 2. The van der Waals surface area contributed by atoms with Crippen molar-refractivity contribution in [2.75, 3.05) is 26.3 Å². The maximum absolute atomic E-state index is 5.37. The van der Waals surface area contributed by atoms with E-state index in [1.54, 1.807) is 6.20 Å². The van der Waals surface area contributed by atoms with Gasteiger partial charge in [0.15, 0.2) is 0 Å². The molecule has 1 aromatic carbocycles. The molecule has 1 aliphatic rings. The summed E-state index contributed by atoms with van der Waals surface area (Å²) >= 11 is 0. The number of rotatable bonds is 3. The van der Waals surface area contributed by atoms with Crippen LogP contribution in [0, 0.1) is 0 Å². The summed E-state index contributed by atoms with van der Waals surface area (Å²) in [6.45, 7) is 4.73. The molecule has 0 amide bonds. The number of ether oxygens (including phenoxy) is 1. The van der Waals surface area contributed by atoms with Gasteiger partial charge < -0.3 is 4.74 Å². The Morgan fingerprint density at radius 2 is 2.11 bits per heavy atom. The molecular weight excluding hydrogens is 226 g/mol. The summed E-state index contributed by atoms with van der Waals surface area (Å²) in [7, 11) is 0. The Kier molecular flexibility index (Phi) is 3.39. The van der Waals surface area contributed by atoms with Gasteiger partial charge in [-0.3, -0.25) is 10.00 Å². The summed E-state index contributed by atoms with van der Waals surface area (Å²) in [5.41, 5.74) is 3.60. The van der Waals surface area contributed by atoms with E-state index in [1.165, 1.54) is 11.1 Å². The lowest BCUT2D eigenvalue weighted by Crippen LogP contribution is -2.35. The van der Waals surface area contributed by atoms with E-state index in [1.807, 2.05) is 6.07 Å². The summed E-state index contributed by atoms with van der Waals surface area (Å²) in [6.07, 6.45) is 1.78. The summed E-state index contributed by atoms with van der Waals surface area (Å²) in [5, 5.41) is 6.99. The second-order valence-corrected chi connectivity index (χ2v) is 4.56. The Hall–Kier alpha value is -1.65. The molecule has 0 spiro atoms. The SMILES string of the molecule is c1cc(CN2CCOCC2)cc(-c2ccn[nH]2)c1. The number of hydrogen-bond acceptors (Lipinski definition) is 3. The summed E-state index contributed by atoms with van der Waals surface area (Å²) in [4.78, 5) is 2.43. The van der Waals surface area contributed by atoms with Gasteiger partial charge >= 0.3 is 0 Å². The lowest BCUT2D eigenvalue weighted by atomic mass is 10.1. The fourth-order valence-electron chi connectivity index (χ4n) is 2.27. The second kappa shape index (κ2) is 5.33. The molecule has 1 aliphatic heterocycles. The molecule has 1 aromatic heterocycles. The first-order chi connectivity index (χ1) is 8.92. The predicted octanol–water partition coefficient (Wildman–Crippen LogP) is 1.91. The van der Waals surface area contributed by atoms with Crippen molar-refractivity contribution in [2.45, 2.75) is 6.54 Å². The minimum atomic E-state index is 0.847. The Balaban J connectivity index is 1.74. The Bertz CT molecular complexity index is 490. The maximum Gasteiger partial charge on any atom is 0.0650 e. The van der Waals surface area contributed by atoms with E-state index in [9.17, 15) is 0 Å². The predicted molar refractivity (Wildman–Crippen MR) is 70.1 cm³/mol. The molecule has 4 heteroatoms. The second-order valence-electron chi connectivity index (χ2n) is 4.56. The molecule has 0 aliphatic carbocycles. The fourth-order valence-corrected chi connectivity index (χ4v) is 2.27. The highest BCUT2D eigenvalue weighted by atomic mass is 16.5. The Labute approximate surface area is 107 Å². The van der Waals surface area contributed by atoms with Crippen LogP contribution in [-0.2, 0) is 11.3 Å². The average molecular weight is 243 g/mol. The molecule has 0 atom stereocenters. The molecule has 18 heavy (non-hydrogen) atoms. The quantitative estimate of drug-likeness (QED) is 0.895. The monoisotopic (exact) mass is 243 g/mol. The fraction of sp³-hybridized carbons (Fsp3) is 0.357. The van der Waals surface area contributed by atoms with Crippen LogP contribution in [0.15, 0.2) is 36.5 Å². The van der Waals surface area contributed by atoms with Crippen molar-refractivity contribution in [1.29, 1.82) is 0 Å². The summed E-state index contributed by atoms with van der Waals surface area (Å²) < 4.78 is 5.37. The van der Waals surface area contributed by atoms with Gasteiger partial charge in [0.1, 0.15) is 0 Å². The van der Waals surface area contributed by atoms with Gasteiger partial charge in [0, 0.05) is 25.8 Å². The zero-order valence-corrected chi connectivity index (χ0v) is 10.3. The van der Waals surface area contributed by atoms with Gasteiger partial charge in [0.05, 0.1) is 18.9 Å². The van der Waals surface area contributed by atoms with E-state index in [4.69, 9.17) is 4.74 Å². The first kappa shape index (κ1) is 11.4. The van der Waals surface area contributed by atoms with Crippen LogP contribution in [0.3, 0.4) is 0 Å². The van der Waals surface area contributed by atoms with Gasteiger partial charge in [0.25, 0.3) is 0 Å². The third-order valence-corrected chi connectivity index (χ3v) is 3.25. The van der Waals surface area contributed by atoms with Gasteiger partial charge in [-0.1, -0.05) is 18.2 Å². The lowest BCUT2D eigenvalue weighted by Gasteiger charge is -2.26. The summed E-state index contributed by atoms with van der Waals surface area (Å²) in [5.74, 6) is 0.